The van der Waals surface area contributed by atoms with Gasteiger partial charge >= 0.3 is 0 Å². The van der Waals surface area contributed by atoms with E-state index in [1.165, 1.54) is 0 Å². The molecule has 0 spiro atoms. The van der Waals surface area contributed by atoms with Crippen LogP contribution in [-0.2, 0) is 6.61 Å². The van der Waals surface area contributed by atoms with Crippen molar-refractivity contribution in [3.63, 3.8) is 0 Å². The first-order valence-corrected chi connectivity index (χ1v) is 8.71. The Labute approximate surface area is 159 Å². The van der Waals surface area contributed by atoms with E-state index in [1.54, 1.807) is 24.1 Å². The van der Waals surface area contributed by atoms with Crippen LogP contribution in [0.3, 0.4) is 0 Å². The van der Waals surface area contributed by atoms with Crippen LogP contribution in [0.1, 0.15) is 5.56 Å². The molecule has 5 rings (SSSR count). The van der Waals surface area contributed by atoms with Crippen LogP contribution in [0.5, 0.6) is 11.5 Å². The normalized spacial score (nSPS) is 11.2. The summed E-state index contributed by atoms with van der Waals surface area (Å²) >= 11 is 0. The van der Waals surface area contributed by atoms with Crippen molar-refractivity contribution < 1.29 is 9.47 Å². The maximum atomic E-state index is 5.81. The van der Waals surface area contributed by atoms with Gasteiger partial charge in [-0.05, 0) is 29.8 Å². The molecule has 0 bridgehead atoms. The third-order valence-corrected chi connectivity index (χ3v) is 4.46. The van der Waals surface area contributed by atoms with Crippen LogP contribution in [-0.4, -0.2) is 36.9 Å². The molecular formula is C20H16N6O2. The molecule has 0 aliphatic rings. The van der Waals surface area contributed by atoms with Crippen LogP contribution in [0.25, 0.3) is 28.1 Å². The van der Waals surface area contributed by atoms with Crippen molar-refractivity contribution in [3.05, 3.63) is 66.6 Å². The van der Waals surface area contributed by atoms with Gasteiger partial charge in [0.2, 0.25) is 0 Å². The molecule has 1 N–H and O–H groups in total. The molecule has 0 fully saturated rings. The van der Waals surface area contributed by atoms with Crippen molar-refractivity contribution >= 4 is 16.7 Å². The molecule has 0 atom stereocenters. The summed E-state index contributed by atoms with van der Waals surface area (Å²) in [6.45, 7) is 0.477. The van der Waals surface area contributed by atoms with Crippen molar-refractivity contribution in [2.24, 2.45) is 0 Å². The number of aromatic nitrogens is 6. The van der Waals surface area contributed by atoms with Gasteiger partial charge in [0, 0.05) is 5.56 Å². The van der Waals surface area contributed by atoms with Crippen molar-refractivity contribution in [3.8, 4) is 22.9 Å². The monoisotopic (exact) mass is 372 g/mol. The quantitative estimate of drug-likeness (QED) is 0.509. The summed E-state index contributed by atoms with van der Waals surface area (Å²) in [4.78, 5) is 8.90. The average Bonchev–Trinajstić information content (AvgIpc) is 3.39. The van der Waals surface area contributed by atoms with Crippen molar-refractivity contribution in [1.29, 1.82) is 0 Å². The minimum Gasteiger partial charge on any atom is -0.497 e. The number of nitrogens with zero attached hydrogens (tertiary/aromatic N) is 5. The Kier molecular flexibility index (Phi) is 3.86. The predicted octanol–water partition coefficient (Wildman–Crippen LogP) is 3.26. The Balaban J connectivity index is 1.35. The first kappa shape index (κ1) is 16.2. The van der Waals surface area contributed by atoms with E-state index in [0.717, 1.165) is 33.7 Å². The molecule has 0 aliphatic carbocycles. The van der Waals surface area contributed by atoms with E-state index in [4.69, 9.17) is 9.47 Å². The zero-order chi connectivity index (χ0) is 18.9. The number of hydrogen-bond acceptors (Lipinski definition) is 6. The van der Waals surface area contributed by atoms with E-state index in [9.17, 15) is 0 Å². The van der Waals surface area contributed by atoms with Gasteiger partial charge in [-0.2, -0.15) is 5.10 Å². The van der Waals surface area contributed by atoms with Crippen molar-refractivity contribution in [2.45, 2.75) is 6.61 Å². The molecule has 5 aromatic rings. The van der Waals surface area contributed by atoms with Gasteiger partial charge < -0.3 is 9.47 Å². The lowest BCUT2D eigenvalue weighted by molar-refractivity contribution is 0.305. The molecular weight excluding hydrogens is 356 g/mol. The standard InChI is InChI=1S/C20H16N6O2/c1-27-15-6-8-16(9-7-15)28-11-13-2-4-14(5-3-13)18-23-20-17-10-22-24-19(17)21-12-26(20)25-18/h2-10,12H,11H2,1H3,(H,22,24). The highest BCUT2D eigenvalue weighted by molar-refractivity contribution is 5.88. The van der Waals surface area contributed by atoms with E-state index < -0.39 is 0 Å². The molecule has 0 radical (unpaired) electrons. The third-order valence-electron chi connectivity index (χ3n) is 4.46. The third kappa shape index (κ3) is 2.90. The molecule has 3 aromatic heterocycles. The second-order valence-electron chi connectivity index (χ2n) is 6.24. The van der Waals surface area contributed by atoms with E-state index >= 15 is 0 Å². The topological polar surface area (TPSA) is 90.2 Å². The Morgan fingerprint density at radius 1 is 1.00 bits per heavy atom. The largest absolute Gasteiger partial charge is 0.497 e. The Morgan fingerprint density at radius 2 is 1.79 bits per heavy atom. The number of hydrogen-bond donors (Lipinski definition) is 1. The average molecular weight is 372 g/mol. The lowest BCUT2D eigenvalue weighted by Crippen LogP contribution is -1.95. The number of ether oxygens (including phenoxy) is 2. The zero-order valence-corrected chi connectivity index (χ0v) is 15.0. The maximum absolute atomic E-state index is 5.81. The fraction of sp³-hybridized carbons (Fsp3) is 0.100. The van der Waals surface area contributed by atoms with Gasteiger partial charge in [-0.3, -0.25) is 5.10 Å². The van der Waals surface area contributed by atoms with Crippen LogP contribution in [0.2, 0.25) is 0 Å². The van der Waals surface area contributed by atoms with Gasteiger partial charge in [0.15, 0.2) is 17.1 Å². The van der Waals surface area contributed by atoms with Gasteiger partial charge in [0.05, 0.1) is 18.7 Å². The number of rotatable bonds is 5. The maximum Gasteiger partial charge on any atom is 0.182 e. The van der Waals surface area contributed by atoms with Crippen LogP contribution in [0.15, 0.2) is 61.1 Å². The number of H-pyrrole nitrogens is 1. The molecule has 138 valence electrons. The van der Waals surface area contributed by atoms with Crippen LogP contribution in [0.4, 0.5) is 0 Å². The van der Waals surface area contributed by atoms with Crippen molar-refractivity contribution in [1.82, 2.24) is 29.8 Å². The van der Waals surface area contributed by atoms with E-state index in [2.05, 4.69) is 25.3 Å². The summed E-state index contributed by atoms with van der Waals surface area (Å²) in [5.74, 6) is 2.24. The SMILES string of the molecule is COc1ccc(OCc2ccc(-c3nc4c5cn[nH]c5ncn4n3)cc2)cc1. The van der Waals surface area contributed by atoms with Gasteiger partial charge in [-0.1, -0.05) is 24.3 Å². The summed E-state index contributed by atoms with van der Waals surface area (Å²) in [5.41, 5.74) is 3.40. The molecule has 0 saturated heterocycles. The fourth-order valence-corrected chi connectivity index (χ4v) is 2.95. The molecule has 8 heteroatoms. The first-order valence-electron chi connectivity index (χ1n) is 8.71. The van der Waals surface area contributed by atoms with Gasteiger partial charge in [-0.15, -0.1) is 5.10 Å². The molecule has 0 amide bonds. The number of methoxy groups -OCH3 is 1. The lowest BCUT2D eigenvalue weighted by atomic mass is 10.1. The fourth-order valence-electron chi connectivity index (χ4n) is 2.95. The van der Waals surface area contributed by atoms with E-state index in [-0.39, 0.29) is 0 Å². The molecule has 0 aliphatic heterocycles. The zero-order valence-electron chi connectivity index (χ0n) is 15.0. The second kappa shape index (κ2) is 6.66. The molecule has 0 unspecified atom stereocenters. The van der Waals surface area contributed by atoms with Crippen LogP contribution < -0.4 is 9.47 Å². The summed E-state index contributed by atoms with van der Waals surface area (Å²) < 4.78 is 12.6. The highest BCUT2D eigenvalue weighted by Crippen LogP contribution is 2.22. The Hall–Kier alpha value is -3.94. The summed E-state index contributed by atoms with van der Waals surface area (Å²) in [6, 6.07) is 15.5. The highest BCUT2D eigenvalue weighted by Gasteiger charge is 2.11. The molecule has 2 aromatic carbocycles. The Bertz CT molecular complexity index is 1240. The second-order valence-corrected chi connectivity index (χ2v) is 6.24. The van der Waals surface area contributed by atoms with Gasteiger partial charge in [0.25, 0.3) is 0 Å². The highest BCUT2D eigenvalue weighted by atomic mass is 16.5. The molecule has 3 heterocycles. The number of fused-ring (bicyclic) bond motifs is 3. The van der Waals surface area contributed by atoms with E-state index in [0.29, 0.717) is 18.1 Å². The molecule has 28 heavy (non-hydrogen) atoms. The first-order chi connectivity index (χ1) is 13.8. The summed E-state index contributed by atoms with van der Waals surface area (Å²) in [7, 11) is 1.64. The Morgan fingerprint density at radius 3 is 2.57 bits per heavy atom. The lowest BCUT2D eigenvalue weighted by Gasteiger charge is -2.07. The van der Waals surface area contributed by atoms with E-state index in [1.807, 2.05) is 48.5 Å². The van der Waals surface area contributed by atoms with Crippen molar-refractivity contribution in [2.75, 3.05) is 7.11 Å². The number of nitrogens with one attached hydrogen (secondary N) is 1. The number of aromatic amines is 1. The smallest absolute Gasteiger partial charge is 0.182 e. The summed E-state index contributed by atoms with van der Waals surface area (Å²) in [6.07, 6.45) is 3.33. The summed E-state index contributed by atoms with van der Waals surface area (Å²) in [5, 5.41) is 12.2. The number of benzene rings is 2. The molecule has 0 saturated carbocycles. The van der Waals surface area contributed by atoms with Gasteiger partial charge in [0.1, 0.15) is 24.4 Å². The predicted molar refractivity (Wildman–Crippen MR) is 103 cm³/mol. The molecule has 8 nitrogen and oxygen atoms in total. The minimum absolute atomic E-state index is 0.477. The van der Waals surface area contributed by atoms with Crippen LogP contribution in [0, 0.1) is 0 Å². The van der Waals surface area contributed by atoms with Crippen LogP contribution >= 0.6 is 0 Å². The van der Waals surface area contributed by atoms with Gasteiger partial charge in [-0.25, -0.2) is 14.5 Å². The minimum atomic E-state index is 0.477.